The van der Waals surface area contributed by atoms with Crippen LogP contribution in [-0.4, -0.2) is 79.8 Å². The van der Waals surface area contributed by atoms with E-state index in [-0.39, 0.29) is 0 Å². The molecule has 0 spiro atoms. The summed E-state index contributed by atoms with van der Waals surface area (Å²) in [6.45, 7) is 13.7. The van der Waals surface area contributed by atoms with Gasteiger partial charge in [-0.2, -0.15) is 10.1 Å². The molecule has 0 radical (unpaired) electrons. The third kappa shape index (κ3) is 6.45. The smallest absolute Gasteiger partial charge is 0.229 e. The van der Waals surface area contributed by atoms with E-state index in [1.807, 2.05) is 31.3 Å². The van der Waals surface area contributed by atoms with Gasteiger partial charge in [0.15, 0.2) is 0 Å². The molecule has 0 amide bonds. The molecule has 1 saturated heterocycles. The molecule has 0 bridgehead atoms. The van der Waals surface area contributed by atoms with E-state index in [0.29, 0.717) is 58.8 Å². The van der Waals surface area contributed by atoms with Crippen LogP contribution in [0.25, 0.3) is 11.1 Å². The minimum absolute atomic E-state index is 0.359. The van der Waals surface area contributed by atoms with E-state index in [2.05, 4.69) is 47.4 Å². The summed E-state index contributed by atoms with van der Waals surface area (Å²) in [4.78, 5) is 20.2. The highest BCUT2D eigenvalue weighted by Gasteiger charge is 2.24. The fourth-order valence-corrected chi connectivity index (χ4v) is 6.40. The van der Waals surface area contributed by atoms with Crippen LogP contribution >= 0.6 is 7.14 Å². The Morgan fingerprint density at radius 3 is 2.60 bits per heavy atom. The van der Waals surface area contributed by atoms with Crippen molar-refractivity contribution in [1.82, 2.24) is 20.2 Å². The number of ether oxygens (including phenoxy) is 2. The second-order valence-electron chi connectivity index (χ2n) is 10.4. The Labute approximate surface area is 251 Å². The highest BCUT2D eigenvalue weighted by atomic mass is 31.2. The van der Waals surface area contributed by atoms with Crippen LogP contribution < -0.4 is 25.6 Å². The largest absolute Gasteiger partial charge is 0.494 e. The Hall–Kier alpha value is -4.54. The van der Waals surface area contributed by atoms with Gasteiger partial charge in [0.2, 0.25) is 5.95 Å². The number of aliphatic imine (C=N–C) groups is 2. The van der Waals surface area contributed by atoms with Crippen LogP contribution in [0.2, 0.25) is 0 Å². The molecule has 3 heterocycles. The van der Waals surface area contributed by atoms with E-state index in [1.165, 1.54) is 0 Å². The van der Waals surface area contributed by atoms with Gasteiger partial charge in [-0.25, -0.2) is 4.98 Å². The third-order valence-corrected chi connectivity index (χ3v) is 8.58. The van der Waals surface area contributed by atoms with Crippen molar-refractivity contribution in [3.05, 3.63) is 48.4 Å². The van der Waals surface area contributed by atoms with Gasteiger partial charge in [-0.05, 0) is 52.1 Å². The molecule has 13 heteroatoms. The predicted octanol–water partition coefficient (Wildman–Crippen LogP) is 5.81. The topological polar surface area (TPSA) is 142 Å². The average molecular weight is 602 g/mol. The summed E-state index contributed by atoms with van der Waals surface area (Å²) in [5.74, 6) is 1.55. The minimum Gasteiger partial charge on any atom is -0.494 e. The zero-order valence-corrected chi connectivity index (χ0v) is 25.9. The van der Waals surface area contributed by atoms with Crippen molar-refractivity contribution in [1.29, 1.82) is 0 Å². The van der Waals surface area contributed by atoms with Crippen LogP contribution in [0.3, 0.4) is 0 Å². The summed E-state index contributed by atoms with van der Waals surface area (Å²) in [7, 11) is -1.16. The molecule has 12 nitrogen and oxygen atoms in total. The van der Waals surface area contributed by atoms with Crippen LogP contribution in [0.15, 0.2) is 52.8 Å². The third-order valence-electron chi connectivity index (χ3n) is 7.05. The quantitative estimate of drug-likeness (QED) is 0.152. The molecule has 0 atom stereocenters. The van der Waals surface area contributed by atoms with Crippen molar-refractivity contribution in [3.63, 3.8) is 0 Å². The molecule has 0 aliphatic carbocycles. The van der Waals surface area contributed by atoms with Gasteiger partial charge in [0, 0.05) is 60.1 Å². The van der Waals surface area contributed by atoms with E-state index in [1.54, 1.807) is 52.0 Å². The number of nitrogens with zero attached hydrogens (tertiary/aromatic N) is 6. The molecule has 3 N–H and O–H groups in total. The first-order valence-corrected chi connectivity index (χ1v) is 16.4. The molecule has 224 valence electrons. The maximum absolute atomic E-state index is 13.5. The highest BCUT2D eigenvalue weighted by Crippen LogP contribution is 2.46. The lowest BCUT2D eigenvalue weighted by Crippen LogP contribution is -2.36. The van der Waals surface area contributed by atoms with Crippen molar-refractivity contribution in [2.45, 2.75) is 13.8 Å². The van der Waals surface area contributed by atoms with E-state index in [0.717, 1.165) is 35.5 Å². The first-order chi connectivity index (χ1) is 20.7. The molecular formula is C30H36N9O3P. The Balaban J connectivity index is 1.54. The number of hydrogen-bond acceptors (Lipinski definition) is 11. The van der Waals surface area contributed by atoms with Gasteiger partial charge in [0.25, 0.3) is 0 Å². The van der Waals surface area contributed by atoms with Crippen LogP contribution in [0.5, 0.6) is 5.75 Å². The van der Waals surface area contributed by atoms with E-state index in [9.17, 15) is 4.57 Å². The minimum atomic E-state index is -2.80. The van der Waals surface area contributed by atoms with Crippen molar-refractivity contribution < 1.29 is 14.0 Å². The summed E-state index contributed by atoms with van der Waals surface area (Å²) < 4.78 is 24.9. The molecule has 43 heavy (non-hydrogen) atoms. The summed E-state index contributed by atoms with van der Waals surface area (Å²) in [5, 5.41) is 14.4. The first kappa shape index (κ1) is 29.9. The zero-order valence-electron chi connectivity index (χ0n) is 25.0. The van der Waals surface area contributed by atoms with Gasteiger partial charge >= 0.3 is 0 Å². The van der Waals surface area contributed by atoms with Gasteiger partial charge in [0.05, 0.1) is 48.9 Å². The standard InChI is InChI=1S/C30H36N9O3P/c1-7-32-27-22(31-3)8-9-23(28(27)43(5,6)40)36-29-19(2)16-33-30(38-29)37-24-14-21(20-17-34-35-18-20)25(15-26(24)41-4)39-10-12-42-13-11-39/h7-9,14-18H,3,10-13H2,1-2,4-6H3,(H,34,35)(H2,33,36,37,38)/b32-7-. The van der Waals surface area contributed by atoms with Crippen molar-refractivity contribution in [2.75, 3.05) is 62.3 Å². The Morgan fingerprint density at radius 2 is 1.95 bits per heavy atom. The van der Waals surface area contributed by atoms with Crippen molar-refractivity contribution >= 4 is 65.6 Å². The van der Waals surface area contributed by atoms with Gasteiger partial charge in [-0.3, -0.25) is 15.1 Å². The number of hydrogen-bond donors (Lipinski definition) is 3. The number of rotatable bonds is 10. The molecule has 1 fully saturated rings. The van der Waals surface area contributed by atoms with Gasteiger partial charge in [-0.15, -0.1) is 0 Å². The summed E-state index contributed by atoms with van der Waals surface area (Å²) in [6.07, 6.45) is 7.04. The molecular weight excluding hydrogens is 565 g/mol. The first-order valence-electron chi connectivity index (χ1n) is 13.8. The van der Waals surface area contributed by atoms with Crippen LogP contribution in [0, 0.1) is 6.92 Å². The fraction of sp³-hybridized carbons (Fsp3) is 0.300. The number of morpholine rings is 1. The maximum atomic E-state index is 13.5. The number of nitrogens with one attached hydrogen (secondary N) is 3. The molecule has 2 aromatic carbocycles. The number of aromatic amines is 1. The average Bonchev–Trinajstić information content (AvgIpc) is 3.54. The lowest BCUT2D eigenvalue weighted by molar-refractivity contribution is 0.122. The lowest BCUT2D eigenvalue weighted by Gasteiger charge is -2.31. The highest BCUT2D eigenvalue weighted by molar-refractivity contribution is 7.70. The zero-order chi connectivity index (χ0) is 30.6. The van der Waals surface area contributed by atoms with Crippen molar-refractivity contribution in [2.24, 2.45) is 9.98 Å². The summed E-state index contributed by atoms with van der Waals surface area (Å²) in [6, 6.07) is 7.65. The second kappa shape index (κ2) is 12.8. The molecule has 2 aromatic heterocycles. The van der Waals surface area contributed by atoms with Gasteiger partial charge < -0.3 is 29.6 Å². The number of H-pyrrole nitrogens is 1. The monoisotopic (exact) mass is 601 g/mol. The molecule has 1 aliphatic rings. The fourth-order valence-electron chi connectivity index (χ4n) is 5.01. The van der Waals surface area contributed by atoms with Crippen LogP contribution in [-0.2, 0) is 9.30 Å². The van der Waals surface area contributed by atoms with Gasteiger partial charge in [-0.1, -0.05) is 0 Å². The molecule has 4 aromatic rings. The Bertz CT molecular complexity index is 1690. The molecule has 0 unspecified atom stereocenters. The number of benzene rings is 2. The van der Waals surface area contributed by atoms with Crippen LogP contribution in [0.4, 0.5) is 40.2 Å². The summed E-state index contributed by atoms with van der Waals surface area (Å²) >= 11 is 0. The number of aromatic nitrogens is 4. The lowest BCUT2D eigenvalue weighted by atomic mass is 10.0. The predicted molar refractivity (Wildman–Crippen MR) is 176 cm³/mol. The summed E-state index contributed by atoms with van der Waals surface area (Å²) in [5.41, 5.74) is 6.16. The van der Waals surface area contributed by atoms with Crippen molar-refractivity contribution in [3.8, 4) is 16.9 Å². The van der Waals surface area contributed by atoms with E-state index in [4.69, 9.17) is 14.5 Å². The maximum Gasteiger partial charge on any atom is 0.229 e. The number of anilines is 5. The Kier molecular flexibility index (Phi) is 8.89. The normalized spacial score (nSPS) is 13.7. The SMILES string of the molecule is C=Nc1ccc(Nc2nc(Nc3cc(-c4cn[nH]c4)c(N4CCOCC4)cc3OC)ncc2C)c(P(C)(C)=O)c1/N=C\C. The second-order valence-corrected chi connectivity index (χ2v) is 13.5. The molecule has 0 saturated carbocycles. The van der Waals surface area contributed by atoms with E-state index < -0.39 is 7.14 Å². The van der Waals surface area contributed by atoms with Gasteiger partial charge in [0.1, 0.15) is 24.4 Å². The molecule has 5 rings (SSSR count). The number of methoxy groups -OCH3 is 1. The van der Waals surface area contributed by atoms with Crippen LogP contribution in [0.1, 0.15) is 12.5 Å². The van der Waals surface area contributed by atoms with E-state index >= 15 is 0 Å². The number of aryl methyl sites for hydroxylation is 1. The molecule has 1 aliphatic heterocycles. The Morgan fingerprint density at radius 1 is 1.16 bits per heavy atom.